The Bertz CT molecular complexity index is 511. The van der Waals surface area contributed by atoms with Gasteiger partial charge in [-0.15, -0.1) is 0 Å². The number of halogens is 2. The monoisotopic (exact) mass is 319 g/mol. The lowest BCUT2D eigenvalue weighted by Crippen LogP contribution is -2.37. The van der Waals surface area contributed by atoms with E-state index in [9.17, 15) is 4.21 Å². The molecular formula is C14H19Cl2NOS. The molecule has 0 fully saturated rings. The van der Waals surface area contributed by atoms with Crippen molar-refractivity contribution in [3.05, 3.63) is 33.3 Å². The lowest BCUT2D eigenvalue weighted by Gasteiger charge is -2.29. The van der Waals surface area contributed by atoms with Crippen LogP contribution in [0.1, 0.15) is 50.8 Å². The summed E-state index contributed by atoms with van der Waals surface area (Å²) in [4.78, 5) is 0. The predicted molar refractivity (Wildman–Crippen MR) is 83.2 cm³/mol. The van der Waals surface area contributed by atoms with Crippen LogP contribution in [0, 0.1) is 0 Å². The first kappa shape index (κ1) is 15.3. The van der Waals surface area contributed by atoms with Gasteiger partial charge in [0, 0.05) is 16.1 Å². The van der Waals surface area contributed by atoms with Crippen molar-refractivity contribution in [1.82, 2.24) is 4.72 Å². The Hall–Kier alpha value is -0.0900. The summed E-state index contributed by atoms with van der Waals surface area (Å²) in [6.45, 7) is 5.89. The third-order valence-electron chi connectivity index (χ3n) is 3.30. The number of hydrogen-bond acceptors (Lipinski definition) is 1. The smallest absolute Gasteiger partial charge is 0.0975 e. The Morgan fingerprint density at radius 1 is 1.32 bits per heavy atom. The van der Waals surface area contributed by atoms with Gasteiger partial charge in [0.15, 0.2) is 0 Å². The summed E-state index contributed by atoms with van der Waals surface area (Å²) >= 11 is 12.3. The van der Waals surface area contributed by atoms with Crippen LogP contribution in [0.2, 0.25) is 10.0 Å². The van der Waals surface area contributed by atoms with Crippen LogP contribution in [0.3, 0.4) is 0 Å². The molecule has 1 N–H and O–H groups in total. The molecule has 0 amide bonds. The highest BCUT2D eigenvalue weighted by Gasteiger charge is 2.27. The summed E-state index contributed by atoms with van der Waals surface area (Å²) in [6, 6.07) is 3.80. The Balaban J connectivity index is 2.30. The lowest BCUT2D eigenvalue weighted by atomic mass is 9.88. The van der Waals surface area contributed by atoms with E-state index in [1.165, 1.54) is 0 Å². The van der Waals surface area contributed by atoms with E-state index in [0.717, 1.165) is 35.4 Å². The van der Waals surface area contributed by atoms with Gasteiger partial charge in [0.05, 0.1) is 15.7 Å². The summed E-state index contributed by atoms with van der Waals surface area (Å²) in [7, 11) is -1.09. The standard InChI is InChI=1S/C14H19Cl2NOS/c1-14(2,3)19(18)17-13-6-4-5-10-11(13)7-9(15)8-12(10)16/h7-8,13,17H,4-6H2,1-3H3/t13-,19-/m1/s1. The molecule has 0 unspecified atom stereocenters. The van der Waals surface area contributed by atoms with Gasteiger partial charge in [-0.2, -0.15) is 0 Å². The van der Waals surface area contributed by atoms with E-state index in [2.05, 4.69) is 4.72 Å². The molecule has 0 heterocycles. The fraction of sp³-hybridized carbons (Fsp3) is 0.571. The zero-order valence-electron chi connectivity index (χ0n) is 11.4. The van der Waals surface area contributed by atoms with E-state index in [1.54, 1.807) is 6.07 Å². The fourth-order valence-corrected chi connectivity index (χ4v) is 3.73. The normalized spacial score (nSPS) is 21.0. The predicted octanol–water partition coefficient (Wildman–Crippen LogP) is 4.42. The van der Waals surface area contributed by atoms with Crippen LogP contribution in [0.15, 0.2) is 12.1 Å². The van der Waals surface area contributed by atoms with Crippen molar-refractivity contribution in [2.24, 2.45) is 0 Å². The topological polar surface area (TPSA) is 29.1 Å². The number of benzene rings is 1. The average Bonchev–Trinajstić information content (AvgIpc) is 2.28. The van der Waals surface area contributed by atoms with E-state index >= 15 is 0 Å². The molecule has 106 valence electrons. The van der Waals surface area contributed by atoms with Gasteiger partial charge in [-0.1, -0.05) is 23.2 Å². The van der Waals surface area contributed by atoms with Gasteiger partial charge < -0.3 is 0 Å². The Kier molecular flexibility index (Phi) is 4.61. The summed E-state index contributed by atoms with van der Waals surface area (Å²) in [6.07, 6.45) is 2.98. The summed E-state index contributed by atoms with van der Waals surface area (Å²) in [5, 5.41) is 1.36. The molecule has 19 heavy (non-hydrogen) atoms. The zero-order valence-corrected chi connectivity index (χ0v) is 13.8. The van der Waals surface area contributed by atoms with Gasteiger partial charge in [-0.25, -0.2) is 8.93 Å². The van der Waals surface area contributed by atoms with Gasteiger partial charge in [0.2, 0.25) is 0 Å². The maximum atomic E-state index is 12.2. The number of hydrogen-bond donors (Lipinski definition) is 1. The van der Waals surface area contributed by atoms with Crippen LogP contribution >= 0.6 is 23.2 Å². The minimum atomic E-state index is -1.09. The van der Waals surface area contributed by atoms with Gasteiger partial charge in [-0.3, -0.25) is 0 Å². The molecule has 2 atom stereocenters. The highest BCUT2D eigenvalue weighted by Crippen LogP contribution is 2.37. The molecule has 0 aromatic heterocycles. The van der Waals surface area contributed by atoms with E-state index in [0.29, 0.717) is 5.02 Å². The van der Waals surface area contributed by atoms with E-state index in [-0.39, 0.29) is 10.8 Å². The quantitative estimate of drug-likeness (QED) is 0.858. The number of rotatable bonds is 2. The Labute approximate surface area is 127 Å². The zero-order chi connectivity index (χ0) is 14.2. The lowest BCUT2D eigenvalue weighted by molar-refractivity contribution is 0.524. The van der Waals surface area contributed by atoms with Crippen LogP contribution in [-0.2, 0) is 17.4 Å². The van der Waals surface area contributed by atoms with Crippen molar-refractivity contribution < 1.29 is 4.21 Å². The maximum absolute atomic E-state index is 12.2. The second-order valence-corrected chi connectivity index (χ2v) is 8.74. The molecule has 2 nitrogen and oxygen atoms in total. The maximum Gasteiger partial charge on any atom is 0.0975 e. The third-order valence-corrected chi connectivity index (χ3v) is 5.46. The van der Waals surface area contributed by atoms with E-state index < -0.39 is 11.0 Å². The first-order chi connectivity index (χ1) is 8.79. The molecule has 0 bridgehead atoms. The Morgan fingerprint density at radius 2 is 2.00 bits per heavy atom. The molecule has 0 saturated carbocycles. The highest BCUT2D eigenvalue weighted by molar-refractivity contribution is 7.84. The van der Waals surface area contributed by atoms with Gasteiger partial charge in [0.25, 0.3) is 0 Å². The molecule has 1 aliphatic carbocycles. The first-order valence-corrected chi connectivity index (χ1v) is 8.35. The third kappa shape index (κ3) is 3.52. The van der Waals surface area contributed by atoms with Crippen molar-refractivity contribution in [3.63, 3.8) is 0 Å². The molecule has 0 spiro atoms. The Morgan fingerprint density at radius 3 is 2.63 bits per heavy atom. The second-order valence-electron chi connectivity index (χ2n) is 5.90. The van der Waals surface area contributed by atoms with Gasteiger partial charge >= 0.3 is 0 Å². The van der Waals surface area contributed by atoms with Crippen molar-refractivity contribution in [1.29, 1.82) is 0 Å². The van der Waals surface area contributed by atoms with Crippen molar-refractivity contribution in [2.45, 2.75) is 50.8 Å². The van der Waals surface area contributed by atoms with Gasteiger partial charge in [-0.05, 0) is 63.3 Å². The van der Waals surface area contributed by atoms with Crippen molar-refractivity contribution in [2.75, 3.05) is 0 Å². The van der Waals surface area contributed by atoms with Crippen LogP contribution in [0.4, 0.5) is 0 Å². The molecule has 0 saturated heterocycles. The van der Waals surface area contributed by atoms with Crippen LogP contribution < -0.4 is 4.72 Å². The van der Waals surface area contributed by atoms with Crippen LogP contribution in [0.5, 0.6) is 0 Å². The molecule has 1 aromatic rings. The first-order valence-electron chi connectivity index (χ1n) is 6.45. The summed E-state index contributed by atoms with van der Waals surface area (Å²) in [5.41, 5.74) is 2.24. The highest BCUT2D eigenvalue weighted by atomic mass is 35.5. The van der Waals surface area contributed by atoms with Crippen molar-refractivity contribution >= 4 is 34.2 Å². The minimum absolute atomic E-state index is 0.0695. The average molecular weight is 320 g/mol. The van der Waals surface area contributed by atoms with Crippen molar-refractivity contribution in [3.8, 4) is 0 Å². The fourth-order valence-electron chi connectivity index (χ4n) is 2.26. The molecular weight excluding hydrogens is 301 g/mol. The molecule has 2 rings (SSSR count). The SMILES string of the molecule is CC(C)(C)[S@@](=O)N[C@@H]1CCCc2c(Cl)cc(Cl)cc21. The molecule has 1 aliphatic rings. The molecule has 0 aliphatic heterocycles. The number of fused-ring (bicyclic) bond motifs is 1. The molecule has 5 heteroatoms. The summed E-state index contributed by atoms with van der Waals surface area (Å²) < 4.78 is 15.2. The van der Waals surface area contributed by atoms with Crippen LogP contribution in [-0.4, -0.2) is 8.96 Å². The summed E-state index contributed by atoms with van der Waals surface area (Å²) in [5.74, 6) is 0. The second kappa shape index (κ2) is 5.72. The van der Waals surface area contributed by atoms with E-state index in [4.69, 9.17) is 23.2 Å². The minimum Gasteiger partial charge on any atom is -0.242 e. The largest absolute Gasteiger partial charge is 0.242 e. The van der Waals surface area contributed by atoms with E-state index in [1.807, 2.05) is 26.8 Å². The number of nitrogens with one attached hydrogen (secondary N) is 1. The molecule has 1 aromatic carbocycles. The van der Waals surface area contributed by atoms with Gasteiger partial charge in [0.1, 0.15) is 0 Å². The molecule has 0 radical (unpaired) electrons. The van der Waals surface area contributed by atoms with Crippen LogP contribution in [0.25, 0.3) is 0 Å².